The molecule has 1 saturated heterocycles. The quantitative estimate of drug-likeness (QED) is 0.648. The summed E-state index contributed by atoms with van der Waals surface area (Å²) in [5, 5.41) is 0. The molecule has 4 nitrogen and oxygen atoms in total. The molecule has 2 atom stereocenters. The molecule has 0 N–H and O–H groups in total. The molecule has 0 bridgehead atoms. The molecular weight excluding hydrogens is 286 g/mol. The van der Waals surface area contributed by atoms with Crippen molar-refractivity contribution in [2.24, 2.45) is 11.8 Å². The van der Waals surface area contributed by atoms with E-state index in [0.29, 0.717) is 18.9 Å². The summed E-state index contributed by atoms with van der Waals surface area (Å²) < 4.78 is 22.1. The fraction of sp³-hybridized carbons (Fsp3) is 0.923. The molecule has 2 unspecified atom stereocenters. The van der Waals surface area contributed by atoms with Crippen molar-refractivity contribution in [3.8, 4) is 0 Å². The molecule has 0 aliphatic carbocycles. The molecule has 19 heavy (non-hydrogen) atoms. The lowest BCUT2D eigenvalue weighted by Crippen LogP contribution is -2.31. The topological polar surface area (TPSA) is 54.5 Å². The second-order valence-corrected chi connectivity index (χ2v) is 8.31. The van der Waals surface area contributed by atoms with E-state index in [1.807, 2.05) is 4.90 Å². The third-order valence-corrected chi connectivity index (χ3v) is 5.00. The molecule has 0 aromatic carbocycles. The summed E-state index contributed by atoms with van der Waals surface area (Å²) in [6, 6.07) is 0. The number of carbonyl (C=O) groups excluding carboxylic acids is 1. The summed E-state index contributed by atoms with van der Waals surface area (Å²) in [6.45, 7) is 5.60. The number of likely N-dealkylation sites (tertiary alicyclic amines) is 1. The highest BCUT2D eigenvalue weighted by Crippen LogP contribution is 2.24. The number of hydrogen-bond donors (Lipinski definition) is 0. The van der Waals surface area contributed by atoms with E-state index in [0.717, 1.165) is 25.8 Å². The van der Waals surface area contributed by atoms with E-state index >= 15 is 0 Å². The third-order valence-electron chi connectivity index (χ3n) is 3.75. The van der Waals surface area contributed by atoms with Gasteiger partial charge in [0.25, 0.3) is 0 Å². The lowest BCUT2D eigenvalue weighted by atomic mass is 9.99. The largest absolute Gasteiger partial charge is 0.342 e. The average molecular weight is 310 g/mol. The predicted octanol–water partition coefficient (Wildman–Crippen LogP) is 2.62. The average Bonchev–Trinajstić information content (AvgIpc) is 2.62. The van der Waals surface area contributed by atoms with Crippen molar-refractivity contribution in [3.05, 3.63) is 0 Å². The van der Waals surface area contributed by atoms with Gasteiger partial charge in [0.2, 0.25) is 15.0 Å². The molecule has 112 valence electrons. The first-order chi connectivity index (χ1) is 8.85. The number of nitrogens with zero attached hydrogens (tertiary/aromatic N) is 1. The lowest BCUT2D eigenvalue weighted by Gasteiger charge is -2.23. The van der Waals surface area contributed by atoms with Crippen LogP contribution in [-0.4, -0.2) is 38.1 Å². The van der Waals surface area contributed by atoms with Crippen LogP contribution in [0.15, 0.2) is 0 Å². The molecule has 0 spiro atoms. The highest BCUT2D eigenvalue weighted by molar-refractivity contribution is 8.13. The Bertz CT molecular complexity index is 397. The molecule has 1 aliphatic rings. The van der Waals surface area contributed by atoms with E-state index in [-0.39, 0.29) is 17.6 Å². The maximum atomic E-state index is 11.9. The second-order valence-electron chi connectivity index (χ2n) is 5.49. The molecule has 1 heterocycles. The number of amides is 1. The molecule has 0 radical (unpaired) electrons. The molecule has 0 aromatic rings. The zero-order chi connectivity index (χ0) is 14.5. The Hall–Kier alpha value is -0.290. The summed E-state index contributed by atoms with van der Waals surface area (Å²) in [7, 11) is 1.74. The molecule has 6 heteroatoms. The van der Waals surface area contributed by atoms with Gasteiger partial charge in [0, 0.05) is 36.1 Å². The van der Waals surface area contributed by atoms with Crippen LogP contribution in [0.1, 0.15) is 46.0 Å². The SMILES string of the molecule is CCCCC(CC)CN1CC(CS(=O)(=O)Cl)CC1=O. The number of hydrogen-bond acceptors (Lipinski definition) is 3. The zero-order valence-corrected chi connectivity index (χ0v) is 13.3. The van der Waals surface area contributed by atoms with Crippen molar-refractivity contribution in [1.82, 2.24) is 4.90 Å². The van der Waals surface area contributed by atoms with Crippen LogP contribution >= 0.6 is 10.7 Å². The normalized spacial score (nSPS) is 21.9. The molecule has 1 rings (SSSR count). The van der Waals surface area contributed by atoms with Crippen LogP contribution in [0.25, 0.3) is 0 Å². The Balaban J connectivity index is 2.48. The highest BCUT2D eigenvalue weighted by atomic mass is 35.7. The standard InChI is InChI=1S/C13H24ClNO3S/c1-3-5-6-11(4-2)8-15-9-12(7-13(15)16)10-19(14,17)18/h11-12H,3-10H2,1-2H3. The minimum Gasteiger partial charge on any atom is -0.342 e. The van der Waals surface area contributed by atoms with E-state index < -0.39 is 9.05 Å². The molecule has 1 aliphatic heterocycles. The highest BCUT2D eigenvalue weighted by Gasteiger charge is 2.32. The summed E-state index contributed by atoms with van der Waals surface area (Å²) in [5.74, 6) is 0.358. The minimum atomic E-state index is -3.51. The van der Waals surface area contributed by atoms with Gasteiger partial charge in [-0.2, -0.15) is 0 Å². The van der Waals surface area contributed by atoms with E-state index in [4.69, 9.17) is 10.7 Å². The summed E-state index contributed by atoms with van der Waals surface area (Å²) in [6.07, 6.45) is 4.85. The van der Waals surface area contributed by atoms with Crippen LogP contribution in [0.4, 0.5) is 0 Å². The van der Waals surface area contributed by atoms with Crippen LogP contribution in [0.3, 0.4) is 0 Å². The fourth-order valence-corrected chi connectivity index (χ4v) is 3.97. The predicted molar refractivity (Wildman–Crippen MR) is 77.6 cm³/mol. The van der Waals surface area contributed by atoms with Gasteiger partial charge in [0.15, 0.2) is 0 Å². The first-order valence-corrected chi connectivity index (χ1v) is 9.53. The fourth-order valence-electron chi connectivity index (χ4n) is 2.65. The van der Waals surface area contributed by atoms with Gasteiger partial charge < -0.3 is 4.90 Å². The lowest BCUT2D eigenvalue weighted by molar-refractivity contribution is -0.128. The summed E-state index contributed by atoms with van der Waals surface area (Å²) in [4.78, 5) is 13.7. The molecule has 0 saturated carbocycles. The first-order valence-electron chi connectivity index (χ1n) is 7.05. The van der Waals surface area contributed by atoms with Crippen molar-refractivity contribution in [3.63, 3.8) is 0 Å². The van der Waals surface area contributed by atoms with Crippen LogP contribution in [-0.2, 0) is 13.8 Å². The van der Waals surface area contributed by atoms with Crippen LogP contribution in [0, 0.1) is 11.8 Å². The number of carbonyl (C=O) groups is 1. The van der Waals surface area contributed by atoms with Gasteiger partial charge in [-0.1, -0.05) is 33.1 Å². The van der Waals surface area contributed by atoms with E-state index in [9.17, 15) is 13.2 Å². The molecular formula is C13H24ClNO3S. The van der Waals surface area contributed by atoms with Gasteiger partial charge in [0.1, 0.15) is 0 Å². The molecule has 1 fully saturated rings. The monoisotopic (exact) mass is 309 g/mol. The third kappa shape index (κ3) is 6.13. The number of unbranched alkanes of at least 4 members (excludes halogenated alkanes) is 1. The first kappa shape index (κ1) is 16.8. The Kier molecular flexibility index (Phi) is 6.60. The van der Waals surface area contributed by atoms with Gasteiger partial charge in [-0.25, -0.2) is 8.42 Å². The van der Waals surface area contributed by atoms with Gasteiger partial charge >= 0.3 is 0 Å². The van der Waals surface area contributed by atoms with Gasteiger partial charge in [0.05, 0.1) is 5.75 Å². The number of halogens is 1. The van der Waals surface area contributed by atoms with Crippen LogP contribution in [0.2, 0.25) is 0 Å². The van der Waals surface area contributed by atoms with Crippen LogP contribution < -0.4 is 0 Å². The zero-order valence-electron chi connectivity index (χ0n) is 11.8. The van der Waals surface area contributed by atoms with Crippen LogP contribution in [0.5, 0.6) is 0 Å². The van der Waals surface area contributed by atoms with Crippen molar-refractivity contribution >= 4 is 25.6 Å². The van der Waals surface area contributed by atoms with E-state index in [1.165, 1.54) is 6.42 Å². The van der Waals surface area contributed by atoms with E-state index in [1.54, 1.807) is 0 Å². The maximum Gasteiger partial charge on any atom is 0.232 e. The van der Waals surface area contributed by atoms with Gasteiger partial charge in [-0.3, -0.25) is 4.79 Å². The Labute approximate surface area is 120 Å². The molecule has 0 aromatic heterocycles. The second kappa shape index (κ2) is 7.48. The van der Waals surface area contributed by atoms with Crippen molar-refractivity contribution in [1.29, 1.82) is 0 Å². The van der Waals surface area contributed by atoms with Gasteiger partial charge in [-0.05, 0) is 12.3 Å². The van der Waals surface area contributed by atoms with Crippen molar-refractivity contribution < 1.29 is 13.2 Å². The van der Waals surface area contributed by atoms with Gasteiger partial charge in [-0.15, -0.1) is 0 Å². The summed E-state index contributed by atoms with van der Waals surface area (Å²) in [5.41, 5.74) is 0. The Morgan fingerprint density at radius 1 is 1.42 bits per heavy atom. The number of rotatable bonds is 8. The summed E-state index contributed by atoms with van der Waals surface area (Å²) >= 11 is 0. The Morgan fingerprint density at radius 2 is 2.11 bits per heavy atom. The minimum absolute atomic E-state index is 0.0697. The van der Waals surface area contributed by atoms with E-state index in [2.05, 4.69) is 13.8 Å². The Morgan fingerprint density at radius 3 is 2.63 bits per heavy atom. The van der Waals surface area contributed by atoms with Crippen molar-refractivity contribution in [2.75, 3.05) is 18.8 Å². The molecule has 1 amide bonds. The smallest absolute Gasteiger partial charge is 0.232 e. The maximum absolute atomic E-state index is 11.9. The van der Waals surface area contributed by atoms with Crippen molar-refractivity contribution in [2.45, 2.75) is 46.0 Å².